The van der Waals surface area contributed by atoms with Gasteiger partial charge in [0.2, 0.25) is 11.7 Å². The van der Waals surface area contributed by atoms with E-state index in [0.717, 1.165) is 12.8 Å². The first kappa shape index (κ1) is 23.4. The van der Waals surface area contributed by atoms with Crippen molar-refractivity contribution in [3.05, 3.63) is 101 Å². The molecule has 2 heterocycles. The molecule has 7 nitrogen and oxygen atoms in total. The van der Waals surface area contributed by atoms with E-state index in [2.05, 4.69) is 15.5 Å². The summed E-state index contributed by atoms with van der Waals surface area (Å²) in [7, 11) is 0. The van der Waals surface area contributed by atoms with Crippen molar-refractivity contribution >= 4 is 17.5 Å². The predicted octanol–water partition coefficient (Wildman–Crippen LogP) is 5.46. The van der Waals surface area contributed by atoms with E-state index in [4.69, 9.17) is 4.52 Å². The third kappa shape index (κ3) is 5.02. The molecular formula is C28H25FN4O3. The number of nitrogens with zero attached hydrogens (tertiary/aromatic N) is 3. The highest BCUT2D eigenvalue weighted by molar-refractivity contribution is 6.04. The number of likely N-dealkylation sites (tertiary alicyclic amines) is 1. The van der Waals surface area contributed by atoms with Crippen LogP contribution in [0.15, 0.2) is 77.3 Å². The van der Waals surface area contributed by atoms with Gasteiger partial charge >= 0.3 is 0 Å². The molecule has 1 saturated heterocycles. The zero-order valence-electron chi connectivity index (χ0n) is 19.8. The second-order valence-electron chi connectivity index (χ2n) is 8.91. The maximum absolute atomic E-state index is 13.8. The second kappa shape index (κ2) is 10.1. The SMILES string of the molecule is Cc1ccc(NC(=O)c2ccc(-c3noc(C4CCCN(C(=O)c5ccccc5)C4)n3)cc2)cc1F. The molecule has 1 fully saturated rings. The van der Waals surface area contributed by atoms with Crippen molar-refractivity contribution in [1.29, 1.82) is 0 Å². The standard InChI is InChI=1S/C28H25FN4O3/c1-18-9-14-23(16-24(18)29)30-26(34)20-12-10-19(11-13-20)25-31-27(36-32-25)22-8-5-15-33(17-22)28(35)21-6-3-2-4-7-21/h2-4,6-7,9-14,16,22H,5,8,15,17H2,1H3,(H,30,34). The van der Waals surface area contributed by atoms with Gasteiger partial charge < -0.3 is 14.7 Å². The summed E-state index contributed by atoms with van der Waals surface area (Å²) in [5, 5.41) is 6.81. The van der Waals surface area contributed by atoms with Gasteiger partial charge in [-0.05, 0) is 61.7 Å². The van der Waals surface area contributed by atoms with Crippen LogP contribution in [0.4, 0.5) is 10.1 Å². The molecule has 4 aromatic rings. The van der Waals surface area contributed by atoms with Crippen LogP contribution in [0.2, 0.25) is 0 Å². The third-order valence-corrected chi connectivity index (χ3v) is 6.36. The van der Waals surface area contributed by atoms with Crippen LogP contribution in [0.5, 0.6) is 0 Å². The molecule has 2 amide bonds. The summed E-state index contributed by atoms with van der Waals surface area (Å²) in [5.74, 6) is 0.170. The fourth-order valence-corrected chi connectivity index (χ4v) is 4.29. The predicted molar refractivity (Wildman–Crippen MR) is 133 cm³/mol. The van der Waals surface area contributed by atoms with Crippen LogP contribution < -0.4 is 5.32 Å². The zero-order valence-corrected chi connectivity index (χ0v) is 19.8. The average molecular weight is 485 g/mol. The van der Waals surface area contributed by atoms with Gasteiger partial charge in [0.15, 0.2) is 0 Å². The van der Waals surface area contributed by atoms with Crippen LogP contribution >= 0.6 is 0 Å². The molecule has 3 aromatic carbocycles. The van der Waals surface area contributed by atoms with Crippen molar-refractivity contribution < 1.29 is 18.5 Å². The summed E-state index contributed by atoms with van der Waals surface area (Å²) in [5.41, 5.74) is 2.70. The third-order valence-electron chi connectivity index (χ3n) is 6.36. The van der Waals surface area contributed by atoms with E-state index < -0.39 is 0 Å². The number of carbonyl (C=O) groups is 2. The molecular weight excluding hydrogens is 459 g/mol. The number of aromatic nitrogens is 2. The van der Waals surface area contributed by atoms with E-state index in [-0.39, 0.29) is 23.5 Å². The van der Waals surface area contributed by atoms with E-state index in [0.29, 0.717) is 52.7 Å². The maximum Gasteiger partial charge on any atom is 0.255 e. The van der Waals surface area contributed by atoms with Gasteiger partial charge in [-0.15, -0.1) is 0 Å². The van der Waals surface area contributed by atoms with Gasteiger partial charge in [-0.1, -0.05) is 41.6 Å². The second-order valence-corrected chi connectivity index (χ2v) is 8.91. The number of nitrogens with one attached hydrogen (secondary N) is 1. The van der Waals surface area contributed by atoms with E-state index in [1.807, 2.05) is 35.2 Å². The van der Waals surface area contributed by atoms with Crippen LogP contribution in [-0.2, 0) is 0 Å². The summed E-state index contributed by atoms with van der Waals surface area (Å²) in [6.07, 6.45) is 1.72. The first-order chi connectivity index (χ1) is 17.5. The number of benzene rings is 3. The highest BCUT2D eigenvalue weighted by Gasteiger charge is 2.29. The molecule has 1 unspecified atom stereocenters. The van der Waals surface area contributed by atoms with Crippen molar-refractivity contribution in [3.8, 4) is 11.4 Å². The molecule has 36 heavy (non-hydrogen) atoms. The van der Waals surface area contributed by atoms with Crippen molar-refractivity contribution in [3.63, 3.8) is 0 Å². The van der Waals surface area contributed by atoms with E-state index >= 15 is 0 Å². The van der Waals surface area contributed by atoms with Crippen molar-refractivity contribution in [2.75, 3.05) is 18.4 Å². The number of piperidine rings is 1. The zero-order chi connectivity index (χ0) is 25.1. The highest BCUT2D eigenvalue weighted by atomic mass is 19.1. The lowest BCUT2D eigenvalue weighted by Crippen LogP contribution is -2.39. The Labute approximate surface area is 207 Å². The molecule has 0 saturated carbocycles. The van der Waals surface area contributed by atoms with Gasteiger partial charge in [-0.3, -0.25) is 9.59 Å². The Morgan fingerprint density at radius 1 is 1.03 bits per heavy atom. The van der Waals surface area contributed by atoms with Gasteiger partial charge in [-0.2, -0.15) is 4.98 Å². The maximum atomic E-state index is 13.8. The molecule has 0 radical (unpaired) electrons. The van der Waals surface area contributed by atoms with Crippen molar-refractivity contribution in [2.45, 2.75) is 25.7 Å². The Morgan fingerprint density at radius 3 is 2.56 bits per heavy atom. The first-order valence-corrected chi connectivity index (χ1v) is 11.8. The van der Waals surface area contributed by atoms with Gasteiger partial charge in [0.05, 0.1) is 5.92 Å². The smallest absolute Gasteiger partial charge is 0.255 e. The Morgan fingerprint density at radius 2 is 1.81 bits per heavy atom. The lowest BCUT2D eigenvalue weighted by molar-refractivity contribution is 0.0695. The molecule has 8 heteroatoms. The lowest BCUT2D eigenvalue weighted by Gasteiger charge is -2.31. The summed E-state index contributed by atoms with van der Waals surface area (Å²) in [6.45, 7) is 2.88. The molecule has 0 spiro atoms. The molecule has 1 aliphatic heterocycles. The van der Waals surface area contributed by atoms with Crippen LogP contribution in [0.1, 0.15) is 50.9 Å². The molecule has 1 aliphatic rings. The Kier molecular flexibility index (Phi) is 6.58. The molecule has 0 bridgehead atoms. The number of hydrogen-bond donors (Lipinski definition) is 1. The highest BCUT2D eigenvalue weighted by Crippen LogP contribution is 2.28. The minimum Gasteiger partial charge on any atom is -0.339 e. The number of hydrogen-bond acceptors (Lipinski definition) is 5. The van der Waals surface area contributed by atoms with Crippen molar-refractivity contribution in [1.82, 2.24) is 15.0 Å². The summed E-state index contributed by atoms with van der Waals surface area (Å²) < 4.78 is 19.3. The number of halogens is 1. The van der Waals surface area contributed by atoms with Crippen LogP contribution in [0.25, 0.3) is 11.4 Å². The fourth-order valence-electron chi connectivity index (χ4n) is 4.29. The van der Waals surface area contributed by atoms with Crippen LogP contribution in [-0.4, -0.2) is 39.9 Å². The fraction of sp³-hybridized carbons (Fsp3) is 0.214. The van der Waals surface area contributed by atoms with Crippen LogP contribution in [0, 0.1) is 12.7 Å². The summed E-state index contributed by atoms with van der Waals surface area (Å²) >= 11 is 0. The Balaban J connectivity index is 1.25. The number of rotatable bonds is 5. The Hall–Kier alpha value is -4.33. The molecule has 1 atom stereocenters. The first-order valence-electron chi connectivity index (χ1n) is 11.8. The monoisotopic (exact) mass is 484 g/mol. The largest absolute Gasteiger partial charge is 0.339 e. The average Bonchev–Trinajstić information content (AvgIpc) is 3.41. The van der Waals surface area contributed by atoms with E-state index in [1.165, 1.54) is 6.07 Å². The topological polar surface area (TPSA) is 88.3 Å². The van der Waals surface area contributed by atoms with Crippen LogP contribution in [0.3, 0.4) is 0 Å². The molecule has 1 aromatic heterocycles. The molecule has 5 rings (SSSR count). The minimum absolute atomic E-state index is 0.00211. The Bertz CT molecular complexity index is 1390. The summed E-state index contributed by atoms with van der Waals surface area (Å²) in [6, 6.07) is 20.6. The van der Waals surface area contributed by atoms with Crippen molar-refractivity contribution in [2.24, 2.45) is 0 Å². The molecule has 182 valence electrons. The lowest BCUT2D eigenvalue weighted by atomic mass is 9.97. The number of amides is 2. The van der Waals surface area contributed by atoms with E-state index in [1.54, 1.807) is 43.3 Å². The van der Waals surface area contributed by atoms with E-state index in [9.17, 15) is 14.0 Å². The van der Waals surface area contributed by atoms with Gasteiger partial charge in [-0.25, -0.2) is 4.39 Å². The normalized spacial score (nSPS) is 15.5. The van der Waals surface area contributed by atoms with Gasteiger partial charge in [0, 0.05) is 35.5 Å². The number of carbonyl (C=O) groups excluding carboxylic acids is 2. The molecule has 0 aliphatic carbocycles. The summed E-state index contributed by atoms with van der Waals surface area (Å²) in [4.78, 5) is 31.8. The molecule has 1 N–H and O–H groups in total. The number of anilines is 1. The van der Waals surface area contributed by atoms with Gasteiger partial charge in [0.25, 0.3) is 11.8 Å². The minimum atomic E-state index is -0.374. The number of aryl methyl sites for hydroxylation is 1. The van der Waals surface area contributed by atoms with Gasteiger partial charge in [0.1, 0.15) is 5.82 Å². The quantitative estimate of drug-likeness (QED) is 0.407.